The Balaban J connectivity index is 1.87. The number of aryl methyl sites for hydroxylation is 1. The predicted molar refractivity (Wildman–Crippen MR) is 65.3 cm³/mol. The van der Waals surface area contributed by atoms with E-state index in [-0.39, 0.29) is 0 Å². The highest BCUT2D eigenvalue weighted by Crippen LogP contribution is 2.07. The molecule has 0 spiro atoms. The van der Waals surface area contributed by atoms with E-state index in [2.05, 4.69) is 35.4 Å². The van der Waals surface area contributed by atoms with Gasteiger partial charge in [-0.1, -0.05) is 6.92 Å². The van der Waals surface area contributed by atoms with Gasteiger partial charge in [0.25, 0.3) is 0 Å². The Labute approximate surface area is 97.6 Å². The Bertz CT molecular complexity index is 321. The van der Waals surface area contributed by atoms with Crippen molar-refractivity contribution in [1.82, 2.24) is 20.0 Å². The monoisotopic (exact) mass is 222 g/mol. The molecule has 1 aromatic rings. The van der Waals surface area contributed by atoms with Crippen molar-refractivity contribution in [1.29, 1.82) is 0 Å². The van der Waals surface area contributed by atoms with Gasteiger partial charge in [-0.15, -0.1) is 0 Å². The molecule has 2 rings (SSSR count). The molecule has 1 unspecified atom stereocenters. The van der Waals surface area contributed by atoms with Crippen molar-refractivity contribution in [3.63, 3.8) is 0 Å². The van der Waals surface area contributed by atoms with Crippen LogP contribution in [0.15, 0.2) is 12.4 Å². The molecule has 0 amide bonds. The largest absolute Gasteiger partial charge is 0.312 e. The topological polar surface area (TPSA) is 33.1 Å². The van der Waals surface area contributed by atoms with Gasteiger partial charge in [0.15, 0.2) is 0 Å². The summed E-state index contributed by atoms with van der Waals surface area (Å²) >= 11 is 0. The van der Waals surface area contributed by atoms with Crippen LogP contribution in [0.2, 0.25) is 0 Å². The summed E-state index contributed by atoms with van der Waals surface area (Å²) in [6, 6.07) is 0.611. The van der Waals surface area contributed by atoms with Crippen molar-refractivity contribution >= 4 is 0 Å². The first-order chi connectivity index (χ1) is 7.78. The van der Waals surface area contributed by atoms with Crippen LogP contribution in [0.4, 0.5) is 0 Å². The van der Waals surface area contributed by atoms with Crippen molar-refractivity contribution in [2.24, 2.45) is 0 Å². The fourth-order valence-corrected chi connectivity index (χ4v) is 2.25. The van der Waals surface area contributed by atoms with E-state index in [1.165, 1.54) is 5.56 Å². The van der Waals surface area contributed by atoms with Crippen molar-refractivity contribution in [3.05, 3.63) is 18.0 Å². The molecule has 1 aliphatic rings. The maximum Gasteiger partial charge on any atom is 0.0534 e. The second kappa shape index (κ2) is 5.46. The molecule has 1 aliphatic heterocycles. The van der Waals surface area contributed by atoms with Crippen LogP contribution in [0.25, 0.3) is 0 Å². The predicted octanol–water partition coefficient (Wildman–Crippen LogP) is 1.09. The molecular formula is C12H22N4. The van der Waals surface area contributed by atoms with E-state index in [0.717, 1.165) is 39.1 Å². The van der Waals surface area contributed by atoms with Crippen LogP contribution >= 0.6 is 0 Å². The first-order valence-corrected chi connectivity index (χ1v) is 6.25. The maximum atomic E-state index is 4.36. The lowest BCUT2D eigenvalue weighted by molar-refractivity contribution is 0.199. The Morgan fingerprint density at radius 3 is 3.19 bits per heavy atom. The quantitative estimate of drug-likeness (QED) is 0.828. The Hall–Kier alpha value is -0.870. The summed E-state index contributed by atoms with van der Waals surface area (Å²) in [4.78, 5) is 2.49. The summed E-state index contributed by atoms with van der Waals surface area (Å²) in [5.41, 5.74) is 1.34. The number of aromatic nitrogens is 2. The minimum atomic E-state index is 0.611. The molecule has 1 fully saturated rings. The molecular weight excluding hydrogens is 200 g/mol. The number of hydrogen-bond donors (Lipinski definition) is 1. The molecule has 1 aromatic heterocycles. The van der Waals surface area contributed by atoms with Crippen molar-refractivity contribution in [2.75, 3.05) is 19.6 Å². The van der Waals surface area contributed by atoms with E-state index in [0.29, 0.717) is 6.04 Å². The molecule has 4 nitrogen and oxygen atoms in total. The third kappa shape index (κ3) is 3.06. The van der Waals surface area contributed by atoms with Crippen molar-refractivity contribution in [2.45, 2.75) is 39.4 Å². The third-order valence-electron chi connectivity index (χ3n) is 3.00. The van der Waals surface area contributed by atoms with Gasteiger partial charge in [0.1, 0.15) is 0 Å². The fraction of sp³-hybridized carbons (Fsp3) is 0.750. The average molecular weight is 222 g/mol. The highest BCUT2D eigenvalue weighted by molar-refractivity contribution is 5.04. The lowest BCUT2D eigenvalue weighted by Crippen LogP contribution is -2.48. The van der Waals surface area contributed by atoms with E-state index >= 15 is 0 Å². The zero-order valence-corrected chi connectivity index (χ0v) is 10.3. The van der Waals surface area contributed by atoms with E-state index < -0.39 is 0 Å². The Morgan fingerprint density at radius 2 is 2.44 bits per heavy atom. The number of hydrogen-bond acceptors (Lipinski definition) is 3. The van der Waals surface area contributed by atoms with Gasteiger partial charge in [0, 0.05) is 50.5 Å². The van der Waals surface area contributed by atoms with Gasteiger partial charge in [-0.2, -0.15) is 5.10 Å². The smallest absolute Gasteiger partial charge is 0.0534 e. The molecule has 1 atom stereocenters. The summed E-state index contributed by atoms with van der Waals surface area (Å²) in [5, 5.41) is 7.83. The molecule has 0 saturated carbocycles. The third-order valence-corrected chi connectivity index (χ3v) is 3.00. The van der Waals surface area contributed by atoms with Gasteiger partial charge >= 0.3 is 0 Å². The fourth-order valence-electron chi connectivity index (χ4n) is 2.25. The van der Waals surface area contributed by atoms with Crippen LogP contribution in [-0.4, -0.2) is 40.4 Å². The summed E-state index contributed by atoms with van der Waals surface area (Å²) in [6.45, 7) is 9.87. The summed E-state index contributed by atoms with van der Waals surface area (Å²) in [7, 11) is 0. The minimum Gasteiger partial charge on any atom is -0.312 e. The van der Waals surface area contributed by atoms with Gasteiger partial charge in [0.2, 0.25) is 0 Å². The van der Waals surface area contributed by atoms with Crippen molar-refractivity contribution < 1.29 is 0 Å². The van der Waals surface area contributed by atoms with E-state index in [1.807, 2.05) is 10.9 Å². The molecule has 2 heterocycles. The molecule has 1 N–H and O–H groups in total. The van der Waals surface area contributed by atoms with Crippen LogP contribution < -0.4 is 5.32 Å². The van der Waals surface area contributed by atoms with Crippen LogP contribution in [0.3, 0.4) is 0 Å². The van der Waals surface area contributed by atoms with Gasteiger partial charge in [-0.05, 0) is 13.3 Å². The zero-order chi connectivity index (χ0) is 11.4. The molecule has 0 bridgehead atoms. The summed E-state index contributed by atoms with van der Waals surface area (Å²) in [6.07, 6.45) is 5.32. The molecule has 4 heteroatoms. The summed E-state index contributed by atoms with van der Waals surface area (Å²) < 4.78 is 2.04. The highest BCUT2D eigenvalue weighted by atomic mass is 15.3. The second-order valence-corrected chi connectivity index (χ2v) is 4.70. The van der Waals surface area contributed by atoms with Gasteiger partial charge in [-0.3, -0.25) is 9.58 Å². The van der Waals surface area contributed by atoms with Crippen molar-refractivity contribution in [3.8, 4) is 0 Å². The number of nitrogens with zero attached hydrogens (tertiary/aromatic N) is 3. The molecule has 90 valence electrons. The summed E-state index contributed by atoms with van der Waals surface area (Å²) in [5.74, 6) is 0. The van der Waals surface area contributed by atoms with E-state index in [9.17, 15) is 0 Å². The van der Waals surface area contributed by atoms with Crippen LogP contribution in [-0.2, 0) is 13.1 Å². The highest BCUT2D eigenvalue weighted by Gasteiger charge is 2.15. The Morgan fingerprint density at radius 1 is 1.56 bits per heavy atom. The van der Waals surface area contributed by atoms with Gasteiger partial charge < -0.3 is 5.32 Å². The molecule has 0 radical (unpaired) electrons. The maximum absolute atomic E-state index is 4.36. The zero-order valence-electron chi connectivity index (χ0n) is 10.3. The lowest BCUT2D eigenvalue weighted by Gasteiger charge is -2.31. The minimum absolute atomic E-state index is 0.611. The van der Waals surface area contributed by atoms with Crippen LogP contribution in [0, 0.1) is 0 Å². The van der Waals surface area contributed by atoms with Gasteiger partial charge in [-0.25, -0.2) is 0 Å². The molecule has 1 saturated heterocycles. The Kier molecular flexibility index (Phi) is 3.96. The first-order valence-electron chi connectivity index (χ1n) is 6.25. The standard InChI is InChI=1S/C12H22N4/c1-3-5-16-10-12(7-14-16)9-15-6-4-13-11(2)8-15/h7,10-11,13H,3-6,8-9H2,1-2H3. The number of rotatable bonds is 4. The average Bonchev–Trinajstić information content (AvgIpc) is 2.66. The normalized spacial score (nSPS) is 22.5. The lowest BCUT2D eigenvalue weighted by atomic mass is 10.2. The van der Waals surface area contributed by atoms with E-state index in [4.69, 9.17) is 0 Å². The molecule has 0 aromatic carbocycles. The van der Waals surface area contributed by atoms with E-state index in [1.54, 1.807) is 0 Å². The molecule has 16 heavy (non-hydrogen) atoms. The first kappa shape index (κ1) is 11.6. The second-order valence-electron chi connectivity index (χ2n) is 4.70. The molecule has 0 aliphatic carbocycles. The van der Waals surface area contributed by atoms with Crippen LogP contribution in [0.5, 0.6) is 0 Å². The number of piperazine rings is 1. The van der Waals surface area contributed by atoms with Crippen LogP contribution in [0.1, 0.15) is 25.8 Å². The SMILES string of the molecule is CCCn1cc(CN2CCNC(C)C2)cn1. The van der Waals surface area contributed by atoms with Gasteiger partial charge in [0.05, 0.1) is 6.20 Å². The number of nitrogens with one attached hydrogen (secondary N) is 1.